The Kier molecular flexibility index (Phi) is 3.24. The summed E-state index contributed by atoms with van der Waals surface area (Å²) in [5, 5.41) is 0.675. The molecule has 3 N–H and O–H groups in total. The van der Waals surface area contributed by atoms with E-state index in [1.807, 2.05) is 0 Å². The number of nitrogens with zero attached hydrogens (tertiary/aromatic N) is 1. The van der Waals surface area contributed by atoms with Crippen LogP contribution in [0.25, 0.3) is 10.9 Å². The average molecular weight is 257 g/mol. The van der Waals surface area contributed by atoms with Gasteiger partial charge in [-0.15, -0.1) is 0 Å². The Morgan fingerprint density at radius 1 is 1.22 bits per heavy atom. The fourth-order valence-corrected chi connectivity index (χ4v) is 1.44. The van der Waals surface area contributed by atoms with Crippen LogP contribution in [-0.4, -0.2) is 17.8 Å². The quantitative estimate of drug-likeness (QED) is 0.655. The lowest BCUT2D eigenvalue weighted by Gasteiger charge is -2.09. The lowest BCUT2D eigenvalue weighted by Crippen LogP contribution is -2.19. The van der Waals surface area contributed by atoms with Gasteiger partial charge in [-0.25, -0.2) is 10.8 Å². The number of fused-ring (bicyclic) bond motifs is 1. The molecule has 0 amide bonds. The first-order valence-corrected chi connectivity index (χ1v) is 5.05. The number of hydrazine groups is 1. The molecule has 0 aliphatic heterocycles. The van der Waals surface area contributed by atoms with Gasteiger partial charge < -0.3 is 10.2 Å². The zero-order chi connectivity index (χ0) is 13.2. The fraction of sp³-hybridized carbons (Fsp3) is 0.182. The Morgan fingerprint density at radius 2 is 2.00 bits per heavy atom. The molecule has 2 rings (SSSR count). The molecule has 0 unspecified atom stereocenters. The molecule has 1 heterocycles. The zero-order valence-corrected chi connectivity index (χ0v) is 9.16. The molecule has 0 aliphatic rings. The second kappa shape index (κ2) is 4.69. The van der Waals surface area contributed by atoms with Crippen molar-refractivity contribution in [2.75, 3.05) is 12.0 Å². The van der Waals surface area contributed by atoms with Crippen LogP contribution in [0.3, 0.4) is 0 Å². The molecule has 0 fully saturated rings. The van der Waals surface area contributed by atoms with Gasteiger partial charge in [0.05, 0.1) is 5.52 Å². The van der Waals surface area contributed by atoms with Gasteiger partial charge in [0, 0.05) is 5.39 Å². The second-order valence-corrected chi connectivity index (χ2v) is 3.60. The number of ether oxygens (including phenoxy) is 1. The van der Waals surface area contributed by atoms with E-state index in [0.29, 0.717) is 16.7 Å². The highest BCUT2D eigenvalue weighted by Gasteiger charge is 2.28. The van der Waals surface area contributed by atoms with E-state index in [2.05, 4.69) is 15.1 Å². The minimum atomic E-state index is -4.35. The van der Waals surface area contributed by atoms with Crippen LogP contribution in [0.1, 0.15) is 0 Å². The number of nitrogens with two attached hydrogens (primary N) is 1. The van der Waals surface area contributed by atoms with Gasteiger partial charge in [0.2, 0.25) is 0 Å². The summed E-state index contributed by atoms with van der Waals surface area (Å²) in [5.74, 6) is 5.83. The summed E-state index contributed by atoms with van der Waals surface area (Å²) >= 11 is 0. The van der Waals surface area contributed by atoms with Crippen molar-refractivity contribution in [2.45, 2.75) is 6.18 Å². The summed E-state index contributed by atoms with van der Waals surface area (Å²) in [6.45, 7) is -1.31. The van der Waals surface area contributed by atoms with Gasteiger partial charge in [-0.05, 0) is 30.3 Å². The first kappa shape index (κ1) is 12.4. The van der Waals surface area contributed by atoms with E-state index < -0.39 is 12.8 Å². The monoisotopic (exact) mass is 257 g/mol. The number of pyridine rings is 1. The molecule has 0 radical (unpaired) electrons. The van der Waals surface area contributed by atoms with Crippen molar-refractivity contribution in [3.05, 3.63) is 30.3 Å². The fourth-order valence-electron chi connectivity index (χ4n) is 1.44. The molecule has 0 saturated heterocycles. The number of alkyl halides is 3. The minimum absolute atomic E-state index is 0.148. The van der Waals surface area contributed by atoms with Crippen molar-refractivity contribution < 1.29 is 17.9 Å². The number of aromatic nitrogens is 1. The highest BCUT2D eigenvalue weighted by Crippen LogP contribution is 2.23. The second-order valence-electron chi connectivity index (χ2n) is 3.60. The number of anilines is 1. The van der Waals surface area contributed by atoms with Gasteiger partial charge in [-0.1, -0.05) is 0 Å². The molecule has 0 spiro atoms. The molecular formula is C11H10F3N3O. The van der Waals surface area contributed by atoms with Gasteiger partial charge >= 0.3 is 6.18 Å². The predicted octanol–water partition coefficient (Wildman–Crippen LogP) is 2.46. The molecule has 0 saturated carbocycles. The third kappa shape index (κ3) is 3.01. The molecule has 18 heavy (non-hydrogen) atoms. The first-order valence-electron chi connectivity index (χ1n) is 5.05. The number of nitrogens with one attached hydrogen (secondary N) is 1. The molecule has 1 aromatic heterocycles. The van der Waals surface area contributed by atoms with E-state index in [4.69, 9.17) is 5.84 Å². The van der Waals surface area contributed by atoms with Gasteiger partial charge in [-0.2, -0.15) is 13.2 Å². The van der Waals surface area contributed by atoms with Crippen molar-refractivity contribution >= 4 is 16.7 Å². The van der Waals surface area contributed by atoms with Crippen LogP contribution in [0.4, 0.5) is 19.0 Å². The molecule has 1 aromatic carbocycles. The maximum absolute atomic E-state index is 12.0. The van der Waals surface area contributed by atoms with Crippen molar-refractivity contribution in [3.63, 3.8) is 0 Å². The number of rotatable bonds is 3. The SMILES string of the molecule is NNc1ccc2cc(OCC(F)(F)F)ccc2n1. The largest absolute Gasteiger partial charge is 0.484 e. The van der Waals surface area contributed by atoms with Crippen LogP contribution in [0, 0.1) is 0 Å². The lowest BCUT2D eigenvalue weighted by molar-refractivity contribution is -0.153. The van der Waals surface area contributed by atoms with E-state index in [-0.39, 0.29) is 5.75 Å². The summed E-state index contributed by atoms with van der Waals surface area (Å²) in [7, 11) is 0. The number of hydrogen-bond donors (Lipinski definition) is 2. The van der Waals surface area contributed by atoms with Gasteiger partial charge in [0.1, 0.15) is 11.6 Å². The lowest BCUT2D eigenvalue weighted by atomic mass is 10.2. The molecular weight excluding hydrogens is 247 g/mol. The molecule has 0 bridgehead atoms. The topological polar surface area (TPSA) is 60.2 Å². The molecule has 96 valence electrons. The van der Waals surface area contributed by atoms with Crippen molar-refractivity contribution in [2.24, 2.45) is 5.84 Å². The smallest absolute Gasteiger partial charge is 0.422 e. The molecule has 2 aromatic rings. The summed E-state index contributed by atoms with van der Waals surface area (Å²) < 4.78 is 40.6. The van der Waals surface area contributed by atoms with Crippen molar-refractivity contribution in [1.82, 2.24) is 4.98 Å². The van der Waals surface area contributed by atoms with E-state index in [0.717, 1.165) is 0 Å². The molecule has 0 aliphatic carbocycles. The maximum atomic E-state index is 12.0. The number of halogens is 3. The van der Waals surface area contributed by atoms with Crippen LogP contribution in [-0.2, 0) is 0 Å². The minimum Gasteiger partial charge on any atom is -0.484 e. The number of hydrogen-bond acceptors (Lipinski definition) is 4. The highest BCUT2D eigenvalue weighted by molar-refractivity contribution is 5.81. The highest BCUT2D eigenvalue weighted by atomic mass is 19.4. The zero-order valence-electron chi connectivity index (χ0n) is 9.16. The van der Waals surface area contributed by atoms with Crippen LogP contribution in [0.5, 0.6) is 5.75 Å². The summed E-state index contributed by atoms with van der Waals surface area (Å²) in [6, 6.07) is 7.81. The maximum Gasteiger partial charge on any atom is 0.422 e. The number of nitrogen functional groups attached to an aromatic ring is 1. The van der Waals surface area contributed by atoms with Crippen LogP contribution in [0.2, 0.25) is 0 Å². The first-order chi connectivity index (χ1) is 8.48. The van der Waals surface area contributed by atoms with Crippen LogP contribution in [0.15, 0.2) is 30.3 Å². The average Bonchev–Trinajstić information content (AvgIpc) is 2.34. The normalized spacial score (nSPS) is 11.6. The van der Waals surface area contributed by atoms with Crippen molar-refractivity contribution in [3.8, 4) is 5.75 Å². The van der Waals surface area contributed by atoms with E-state index in [9.17, 15) is 13.2 Å². The summed E-state index contributed by atoms with van der Waals surface area (Å²) in [4.78, 5) is 4.13. The number of benzene rings is 1. The van der Waals surface area contributed by atoms with Crippen LogP contribution >= 0.6 is 0 Å². The molecule has 4 nitrogen and oxygen atoms in total. The third-order valence-corrected chi connectivity index (χ3v) is 2.21. The Hall–Kier alpha value is -2.02. The Balaban J connectivity index is 2.22. The predicted molar refractivity (Wildman–Crippen MR) is 61.1 cm³/mol. The standard InChI is InChI=1S/C11H10F3N3O/c12-11(13,14)6-18-8-2-3-9-7(5-8)1-4-10(16-9)17-15/h1-5H,6,15H2,(H,16,17). The Labute approximate surface area is 101 Å². The summed E-state index contributed by atoms with van der Waals surface area (Å²) in [6.07, 6.45) is -4.35. The Bertz CT molecular complexity index is 557. The van der Waals surface area contributed by atoms with Crippen molar-refractivity contribution in [1.29, 1.82) is 0 Å². The molecule has 7 heteroatoms. The van der Waals surface area contributed by atoms with Gasteiger partial charge in [-0.3, -0.25) is 0 Å². The molecule has 0 atom stereocenters. The van der Waals surface area contributed by atoms with E-state index >= 15 is 0 Å². The van der Waals surface area contributed by atoms with Gasteiger partial charge in [0.25, 0.3) is 0 Å². The summed E-state index contributed by atoms with van der Waals surface area (Å²) in [5.41, 5.74) is 3.00. The van der Waals surface area contributed by atoms with E-state index in [1.54, 1.807) is 18.2 Å². The Morgan fingerprint density at radius 3 is 2.67 bits per heavy atom. The third-order valence-electron chi connectivity index (χ3n) is 2.21. The van der Waals surface area contributed by atoms with Gasteiger partial charge in [0.15, 0.2) is 6.61 Å². The van der Waals surface area contributed by atoms with E-state index in [1.165, 1.54) is 12.1 Å². The van der Waals surface area contributed by atoms with Crippen LogP contribution < -0.4 is 16.0 Å².